The first kappa shape index (κ1) is 35.4. The molecule has 0 saturated heterocycles. The highest BCUT2D eigenvalue weighted by Crippen LogP contribution is 2.39. The van der Waals surface area contributed by atoms with Crippen LogP contribution in [0.3, 0.4) is 0 Å². The number of Topliss-reactive ketones (excluding diaryl/α,β-unsaturated/α-hetero) is 1. The number of urea groups is 1. The second-order valence-electron chi connectivity index (χ2n) is 14.4. The monoisotopic (exact) mass is 668 g/mol. The number of ketones is 1. The van der Waals surface area contributed by atoms with Crippen molar-refractivity contribution in [2.24, 2.45) is 11.1 Å². The molecule has 2 N–H and O–H groups in total. The minimum atomic E-state index is -1.37. The van der Waals surface area contributed by atoms with Gasteiger partial charge in [0.25, 0.3) is 5.91 Å². The van der Waals surface area contributed by atoms with Crippen LogP contribution in [0.4, 0.5) is 21.9 Å². The molecule has 10 nitrogen and oxygen atoms in total. The number of para-hydroxylation sites is 2. The van der Waals surface area contributed by atoms with Gasteiger partial charge in [0.2, 0.25) is 0 Å². The van der Waals surface area contributed by atoms with E-state index >= 15 is 0 Å². The number of carbonyl (C=O) groups excluding carboxylic acids is 4. The van der Waals surface area contributed by atoms with E-state index < -0.39 is 35.0 Å². The number of primary amides is 1. The van der Waals surface area contributed by atoms with E-state index in [1.54, 1.807) is 38.1 Å². The van der Waals surface area contributed by atoms with E-state index in [1.807, 2.05) is 75.4 Å². The predicted molar refractivity (Wildman–Crippen MR) is 191 cm³/mol. The number of rotatable bonds is 10. The highest BCUT2D eigenvalue weighted by Gasteiger charge is 2.43. The number of hydrogen-bond acceptors (Lipinski definition) is 7. The van der Waals surface area contributed by atoms with E-state index in [9.17, 15) is 19.2 Å². The minimum absolute atomic E-state index is 0.0971. The number of carbonyl (C=O) groups is 4. The van der Waals surface area contributed by atoms with Crippen molar-refractivity contribution in [1.82, 2.24) is 0 Å². The summed E-state index contributed by atoms with van der Waals surface area (Å²) in [5, 5.41) is 0. The van der Waals surface area contributed by atoms with Crippen molar-refractivity contribution >= 4 is 40.8 Å². The van der Waals surface area contributed by atoms with Crippen LogP contribution in [-0.4, -0.2) is 54.5 Å². The summed E-state index contributed by atoms with van der Waals surface area (Å²) in [6.45, 7) is 8.84. The lowest BCUT2D eigenvalue weighted by Crippen LogP contribution is -2.58. The molecule has 10 heteroatoms. The zero-order valence-electron chi connectivity index (χ0n) is 29.2. The van der Waals surface area contributed by atoms with E-state index in [0.717, 1.165) is 43.4 Å². The van der Waals surface area contributed by atoms with Gasteiger partial charge in [0.05, 0.1) is 23.6 Å². The topological polar surface area (TPSA) is 122 Å². The van der Waals surface area contributed by atoms with Crippen LogP contribution in [-0.2, 0) is 25.7 Å². The predicted octanol–water partition coefficient (Wildman–Crippen LogP) is 6.64. The molecule has 1 saturated carbocycles. The first-order valence-corrected chi connectivity index (χ1v) is 17.1. The molecule has 1 heterocycles. The number of fused-ring (bicyclic) bond motifs is 1. The number of esters is 1. The van der Waals surface area contributed by atoms with Crippen LogP contribution >= 0.6 is 0 Å². The summed E-state index contributed by atoms with van der Waals surface area (Å²) in [5.74, 6) is -0.785. The average Bonchev–Trinajstić information content (AvgIpc) is 3.18. The van der Waals surface area contributed by atoms with Gasteiger partial charge in [-0.2, -0.15) is 0 Å². The quantitative estimate of drug-likeness (QED) is 0.240. The van der Waals surface area contributed by atoms with Gasteiger partial charge in [0, 0.05) is 24.1 Å². The van der Waals surface area contributed by atoms with Gasteiger partial charge < -0.3 is 25.0 Å². The molecule has 1 unspecified atom stereocenters. The van der Waals surface area contributed by atoms with E-state index in [2.05, 4.69) is 4.90 Å². The van der Waals surface area contributed by atoms with Gasteiger partial charge in [0.15, 0.2) is 11.4 Å². The van der Waals surface area contributed by atoms with Crippen molar-refractivity contribution in [1.29, 1.82) is 0 Å². The molecule has 0 bridgehead atoms. The Kier molecular flexibility index (Phi) is 10.6. The average molecular weight is 669 g/mol. The number of benzene rings is 3. The van der Waals surface area contributed by atoms with Crippen molar-refractivity contribution in [2.45, 2.75) is 91.0 Å². The van der Waals surface area contributed by atoms with E-state index in [4.69, 9.17) is 15.2 Å². The molecule has 0 aromatic heterocycles. The summed E-state index contributed by atoms with van der Waals surface area (Å²) in [6, 6.07) is 21.9. The first-order chi connectivity index (χ1) is 23.3. The van der Waals surface area contributed by atoms with Gasteiger partial charge in [-0.1, -0.05) is 88.6 Å². The third-order valence-corrected chi connectivity index (χ3v) is 9.28. The number of nitrogens with two attached hydrogens (primary N) is 1. The Balaban J connectivity index is 1.49. The summed E-state index contributed by atoms with van der Waals surface area (Å²) in [6.07, 6.45) is 5.18. The highest BCUT2D eigenvalue weighted by molar-refractivity contribution is 6.10. The summed E-state index contributed by atoms with van der Waals surface area (Å²) >= 11 is 0. The largest absolute Gasteiger partial charge is 0.476 e. The van der Waals surface area contributed by atoms with Gasteiger partial charge in [-0.15, -0.1) is 0 Å². The summed E-state index contributed by atoms with van der Waals surface area (Å²) in [5.41, 5.74) is 6.70. The van der Waals surface area contributed by atoms with Crippen LogP contribution < -0.4 is 25.2 Å². The fourth-order valence-electron chi connectivity index (χ4n) is 6.46. The smallest absolute Gasteiger partial charge is 0.350 e. The third kappa shape index (κ3) is 8.24. The summed E-state index contributed by atoms with van der Waals surface area (Å²) in [4.78, 5) is 59.7. The Morgan fingerprint density at radius 2 is 1.51 bits per heavy atom. The molecule has 1 aliphatic heterocycles. The van der Waals surface area contributed by atoms with Gasteiger partial charge >= 0.3 is 12.0 Å². The van der Waals surface area contributed by atoms with Crippen LogP contribution in [0.5, 0.6) is 5.75 Å². The van der Waals surface area contributed by atoms with Gasteiger partial charge in [-0.25, -0.2) is 9.59 Å². The van der Waals surface area contributed by atoms with E-state index in [1.165, 1.54) is 9.80 Å². The van der Waals surface area contributed by atoms with Gasteiger partial charge in [-0.3, -0.25) is 14.5 Å². The minimum Gasteiger partial charge on any atom is -0.476 e. The number of ether oxygens (including phenoxy) is 2. The lowest BCUT2D eigenvalue weighted by Gasteiger charge is -2.39. The molecule has 3 aromatic carbocycles. The lowest BCUT2D eigenvalue weighted by atomic mass is 9.90. The molecule has 1 fully saturated rings. The number of nitrogens with zero attached hydrogens (tertiary/aromatic N) is 3. The Hall–Kier alpha value is -4.86. The SMILES string of the molecule is CC(C)(C)C(=O)CN1C(=O)C(N(C(N)=O)c2cccc(OC(C)(C)C(=O)OCc3ccccc3)c2)CN(C2CCCCC2)c2ccccc21. The van der Waals surface area contributed by atoms with Crippen molar-refractivity contribution in [3.8, 4) is 5.75 Å². The molecule has 5 rings (SSSR count). The second kappa shape index (κ2) is 14.7. The molecule has 3 aromatic rings. The van der Waals surface area contributed by atoms with Gasteiger partial charge in [0.1, 0.15) is 18.4 Å². The molecule has 1 atom stereocenters. The maximum atomic E-state index is 14.7. The molecule has 2 aliphatic rings. The van der Waals surface area contributed by atoms with Crippen LogP contribution in [0, 0.1) is 5.41 Å². The molecular weight excluding hydrogens is 620 g/mol. The van der Waals surface area contributed by atoms with Crippen LogP contribution in [0.15, 0.2) is 78.9 Å². The van der Waals surface area contributed by atoms with E-state index in [0.29, 0.717) is 17.1 Å². The molecule has 0 radical (unpaired) electrons. The Labute approximate surface area is 289 Å². The molecule has 1 aliphatic carbocycles. The summed E-state index contributed by atoms with van der Waals surface area (Å²) in [7, 11) is 0. The van der Waals surface area contributed by atoms with Crippen molar-refractivity contribution < 1.29 is 28.7 Å². The number of anilines is 3. The number of amides is 3. The lowest BCUT2D eigenvalue weighted by molar-refractivity contribution is -0.160. The fourth-order valence-corrected chi connectivity index (χ4v) is 6.46. The normalized spacial score (nSPS) is 17.2. The molecule has 49 heavy (non-hydrogen) atoms. The first-order valence-electron chi connectivity index (χ1n) is 17.1. The number of hydrogen-bond donors (Lipinski definition) is 1. The molecular formula is C39H48N4O6. The fraction of sp³-hybridized carbons (Fsp3) is 0.436. The zero-order chi connectivity index (χ0) is 35.3. The Morgan fingerprint density at radius 1 is 0.857 bits per heavy atom. The molecule has 0 spiro atoms. The maximum absolute atomic E-state index is 14.7. The Morgan fingerprint density at radius 3 is 2.16 bits per heavy atom. The second-order valence-corrected chi connectivity index (χ2v) is 14.4. The van der Waals surface area contributed by atoms with Crippen LogP contribution in [0.2, 0.25) is 0 Å². The van der Waals surface area contributed by atoms with Crippen molar-refractivity contribution in [3.05, 3.63) is 84.4 Å². The highest BCUT2D eigenvalue weighted by atomic mass is 16.6. The van der Waals surface area contributed by atoms with Crippen molar-refractivity contribution in [3.63, 3.8) is 0 Å². The third-order valence-electron chi connectivity index (χ3n) is 9.28. The maximum Gasteiger partial charge on any atom is 0.350 e. The molecule has 260 valence electrons. The van der Waals surface area contributed by atoms with E-state index in [-0.39, 0.29) is 31.5 Å². The van der Waals surface area contributed by atoms with Crippen LogP contribution in [0.1, 0.15) is 72.3 Å². The van der Waals surface area contributed by atoms with Crippen molar-refractivity contribution in [2.75, 3.05) is 27.8 Å². The molecule has 3 amide bonds. The van der Waals surface area contributed by atoms with Gasteiger partial charge in [-0.05, 0) is 56.5 Å². The standard InChI is InChI=1S/C39H48N4O6/c1-38(2,3)34(44)25-42-32-22-13-12-21-31(32)41(28-17-10-7-11-18-28)24-33(35(42)45)43(37(40)47)29-19-14-20-30(23-29)49-39(4,5)36(46)48-26-27-15-8-6-9-16-27/h6,8-9,12-16,19-23,28,33H,7,10-11,17-18,24-26H2,1-5H3,(H2,40,47). The summed E-state index contributed by atoms with van der Waals surface area (Å²) < 4.78 is 11.7. The van der Waals surface area contributed by atoms with Crippen LogP contribution in [0.25, 0.3) is 0 Å². The Bertz CT molecular complexity index is 1660. The zero-order valence-corrected chi connectivity index (χ0v) is 29.2.